The van der Waals surface area contributed by atoms with Gasteiger partial charge in [0.1, 0.15) is 0 Å². The molecular formula is C30H29N3O4S. The molecule has 0 aliphatic carbocycles. The highest BCUT2D eigenvalue weighted by atomic mass is 32.2. The summed E-state index contributed by atoms with van der Waals surface area (Å²) in [6.07, 6.45) is 2.45. The van der Waals surface area contributed by atoms with Gasteiger partial charge in [-0.2, -0.15) is 0 Å². The number of aliphatic hydroxyl groups is 1. The van der Waals surface area contributed by atoms with Crippen LogP contribution in [-0.2, 0) is 16.1 Å². The third-order valence-corrected chi connectivity index (χ3v) is 7.46. The summed E-state index contributed by atoms with van der Waals surface area (Å²) in [7, 11) is 0. The Bertz CT molecular complexity index is 1340. The molecule has 194 valence electrons. The molecule has 3 aromatic carbocycles. The second-order valence-electron chi connectivity index (χ2n) is 9.11. The number of hydrogen-bond donors (Lipinski definition) is 2. The quantitative estimate of drug-likeness (QED) is 0.221. The zero-order chi connectivity index (χ0) is 26.3. The molecule has 4 aromatic rings. The standard InChI is InChI=1S/C30H29N3O4S/c1-20-26(19-38-30-31-15-6-16-32-30)36-29(37-27(20)22-13-11-21(18-34)12-14-22)24-9-5-10-25(17-24)33-28(35)23-7-3-2-4-8-23/h2-17,20,26-27,29,34H,18-19H2,1H3,(H,33,35)/t20-,26+,27+,29+/m1/s1. The van der Waals surface area contributed by atoms with E-state index < -0.39 is 6.29 Å². The zero-order valence-corrected chi connectivity index (χ0v) is 21.8. The average Bonchev–Trinajstić information content (AvgIpc) is 2.98. The van der Waals surface area contributed by atoms with Crippen molar-refractivity contribution in [3.63, 3.8) is 0 Å². The predicted molar refractivity (Wildman–Crippen MR) is 147 cm³/mol. The molecule has 5 rings (SSSR count). The Morgan fingerprint density at radius 1 is 0.921 bits per heavy atom. The largest absolute Gasteiger partial charge is 0.392 e. The second kappa shape index (κ2) is 12.3. The molecule has 7 nitrogen and oxygen atoms in total. The van der Waals surface area contributed by atoms with Crippen molar-refractivity contribution in [3.8, 4) is 0 Å². The highest BCUT2D eigenvalue weighted by molar-refractivity contribution is 7.99. The molecule has 1 saturated heterocycles. The van der Waals surface area contributed by atoms with Crippen LogP contribution in [0.15, 0.2) is 102 Å². The van der Waals surface area contributed by atoms with Crippen molar-refractivity contribution >= 4 is 23.4 Å². The Kier molecular flexibility index (Phi) is 8.45. The molecule has 0 unspecified atom stereocenters. The first kappa shape index (κ1) is 26.1. The van der Waals surface area contributed by atoms with Crippen molar-refractivity contribution < 1.29 is 19.4 Å². The van der Waals surface area contributed by atoms with Crippen molar-refractivity contribution in [1.82, 2.24) is 9.97 Å². The molecule has 1 aliphatic rings. The van der Waals surface area contributed by atoms with Crippen molar-refractivity contribution in [2.24, 2.45) is 5.92 Å². The predicted octanol–water partition coefficient (Wildman–Crippen LogP) is 5.80. The molecule has 0 saturated carbocycles. The van der Waals surface area contributed by atoms with Gasteiger partial charge in [0.25, 0.3) is 5.91 Å². The normalized spacial score (nSPS) is 21.1. The molecule has 1 aromatic heterocycles. The van der Waals surface area contributed by atoms with Crippen molar-refractivity contribution in [2.45, 2.75) is 37.2 Å². The van der Waals surface area contributed by atoms with Crippen LogP contribution in [0.2, 0.25) is 0 Å². The average molecular weight is 528 g/mol. The van der Waals surface area contributed by atoms with Crippen molar-refractivity contribution in [3.05, 3.63) is 120 Å². The Morgan fingerprint density at radius 3 is 2.42 bits per heavy atom. The van der Waals surface area contributed by atoms with E-state index in [1.54, 1.807) is 42.4 Å². The fourth-order valence-electron chi connectivity index (χ4n) is 4.38. The summed E-state index contributed by atoms with van der Waals surface area (Å²) in [4.78, 5) is 21.4. The van der Waals surface area contributed by atoms with E-state index in [1.165, 1.54) is 0 Å². The van der Waals surface area contributed by atoms with E-state index in [0.717, 1.165) is 16.7 Å². The van der Waals surface area contributed by atoms with Gasteiger partial charge >= 0.3 is 0 Å². The van der Waals surface area contributed by atoms with E-state index >= 15 is 0 Å². The van der Waals surface area contributed by atoms with Gasteiger partial charge in [-0.1, -0.05) is 73.3 Å². The Morgan fingerprint density at radius 2 is 1.68 bits per heavy atom. The molecule has 1 aliphatic heterocycles. The maximum atomic E-state index is 12.7. The monoisotopic (exact) mass is 527 g/mol. The SMILES string of the molecule is C[C@@H]1[C@H](CSc2ncccn2)O[C@H](c2cccc(NC(=O)c3ccccc3)c2)O[C@@H]1c1ccc(CO)cc1. The molecule has 1 amide bonds. The number of thioether (sulfide) groups is 1. The van der Waals surface area contributed by atoms with Crippen LogP contribution in [0.25, 0.3) is 0 Å². The second-order valence-corrected chi connectivity index (χ2v) is 10.1. The summed E-state index contributed by atoms with van der Waals surface area (Å²) >= 11 is 1.55. The molecule has 2 N–H and O–H groups in total. The number of aliphatic hydroxyl groups excluding tert-OH is 1. The molecule has 0 spiro atoms. The maximum Gasteiger partial charge on any atom is 0.255 e. The van der Waals surface area contributed by atoms with Gasteiger partial charge in [-0.25, -0.2) is 9.97 Å². The van der Waals surface area contributed by atoms with Crippen LogP contribution in [0.5, 0.6) is 0 Å². The highest BCUT2D eigenvalue weighted by Crippen LogP contribution is 2.43. The highest BCUT2D eigenvalue weighted by Gasteiger charge is 2.38. The minimum absolute atomic E-state index is 0.00900. The number of anilines is 1. The van der Waals surface area contributed by atoms with Crippen molar-refractivity contribution in [2.75, 3.05) is 11.1 Å². The van der Waals surface area contributed by atoms with E-state index in [2.05, 4.69) is 22.2 Å². The molecule has 0 bridgehead atoms. The first-order valence-electron chi connectivity index (χ1n) is 12.5. The fraction of sp³-hybridized carbons (Fsp3) is 0.233. The summed E-state index contributed by atoms with van der Waals surface area (Å²) in [5.41, 5.74) is 3.92. The van der Waals surface area contributed by atoms with E-state index in [0.29, 0.717) is 22.2 Å². The number of ether oxygens (including phenoxy) is 2. The van der Waals surface area contributed by atoms with Gasteiger partial charge in [0.15, 0.2) is 11.4 Å². The van der Waals surface area contributed by atoms with Crippen LogP contribution >= 0.6 is 11.8 Å². The summed E-state index contributed by atoms with van der Waals surface area (Å²) < 4.78 is 13.0. The zero-order valence-electron chi connectivity index (χ0n) is 20.9. The summed E-state index contributed by atoms with van der Waals surface area (Å²) in [6.45, 7) is 2.11. The minimum atomic E-state index is -0.635. The van der Waals surface area contributed by atoms with Crippen LogP contribution in [0.3, 0.4) is 0 Å². The van der Waals surface area contributed by atoms with Gasteiger partial charge in [-0.3, -0.25) is 4.79 Å². The first-order chi connectivity index (χ1) is 18.6. The van der Waals surface area contributed by atoms with Gasteiger partial charge in [0.2, 0.25) is 0 Å². The van der Waals surface area contributed by atoms with Gasteiger partial charge in [0, 0.05) is 40.9 Å². The summed E-state index contributed by atoms with van der Waals surface area (Å²) in [5, 5.41) is 13.1. The minimum Gasteiger partial charge on any atom is -0.392 e. The van der Waals surface area contributed by atoms with Gasteiger partial charge in [-0.15, -0.1) is 0 Å². The van der Waals surface area contributed by atoms with Crippen LogP contribution < -0.4 is 5.32 Å². The number of carbonyl (C=O) groups is 1. The number of benzene rings is 3. The molecule has 1 fully saturated rings. The number of carbonyl (C=O) groups excluding carboxylic acids is 1. The van der Waals surface area contributed by atoms with Gasteiger partial charge < -0.3 is 19.9 Å². The molecule has 8 heteroatoms. The van der Waals surface area contributed by atoms with Gasteiger partial charge in [-0.05, 0) is 41.5 Å². The molecule has 4 atom stereocenters. The lowest BCUT2D eigenvalue weighted by atomic mass is 9.91. The lowest BCUT2D eigenvalue weighted by Gasteiger charge is -2.41. The maximum absolute atomic E-state index is 12.7. The summed E-state index contributed by atoms with van der Waals surface area (Å²) in [5.74, 6) is 0.519. The van der Waals surface area contributed by atoms with Gasteiger partial charge in [0.05, 0.1) is 18.8 Å². The number of rotatable bonds is 8. The third-order valence-electron chi connectivity index (χ3n) is 6.49. The number of amides is 1. The third kappa shape index (κ3) is 6.28. The molecular weight excluding hydrogens is 498 g/mol. The van der Waals surface area contributed by atoms with Crippen LogP contribution in [0.1, 0.15) is 46.4 Å². The Labute approximate surface area is 226 Å². The smallest absolute Gasteiger partial charge is 0.255 e. The van der Waals surface area contributed by atoms with Crippen LogP contribution in [0.4, 0.5) is 5.69 Å². The number of nitrogens with zero attached hydrogens (tertiary/aromatic N) is 2. The number of hydrogen-bond acceptors (Lipinski definition) is 7. The lowest BCUT2D eigenvalue weighted by Crippen LogP contribution is -2.38. The number of aromatic nitrogens is 2. The Hall–Kier alpha value is -3.56. The van der Waals surface area contributed by atoms with Crippen molar-refractivity contribution in [1.29, 1.82) is 0 Å². The van der Waals surface area contributed by atoms with E-state index in [4.69, 9.17) is 9.47 Å². The fourth-order valence-corrected chi connectivity index (χ4v) is 5.35. The lowest BCUT2D eigenvalue weighted by molar-refractivity contribution is -0.268. The van der Waals surface area contributed by atoms with E-state index in [-0.39, 0.29) is 30.6 Å². The van der Waals surface area contributed by atoms with Crippen LogP contribution in [-0.4, -0.2) is 32.8 Å². The molecule has 38 heavy (non-hydrogen) atoms. The molecule has 2 heterocycles. The topological polar surface area (TPSA) is 93.6 Å². The van der Waals surface area contributed by atoms with Crippen LogP contribution in [0, 0.1) is 5.92 Å². The summed E-state index contributed by atoms with van der Waals surface area (Å²) in [6, 6.07) is 26.3. The number of nitrogens with one attached hydrogen (secondary N) is 1. The van der Waals surface area contributed by atoms with E-state index in [1.807, 2.05) is 66.7 Å². The molecule has 0 radical (unpaired) electrons. The van der Waals surface area contributed by atoms with E-state index in [9.17, 15) is 9.90 Å². The Balaban J connectivity index is 1.38. The first-order valence-corrected chi connectivity index (χ1v) is 13.5.